The van der Waals surface area contributed by atoms with Crippen molar-refractivity contribution in [3.63, 3.8) is 0 Å². The maximum atomic E-state index is 5.53. The van der Waals surface area contributed by atoms with Crippen molar-refractivity contribution >= 4 is 38.9 Å². The number of aromatic nitrogens is 2. The van der Waals surface area contributed by atoms with Gasteiger partial charge in [0.1, 0.15) is 17.5 Å². The summed E-state index contributed by atoms with van der Waals surface area (Å²) in [6.07, 6.45) is 0. The molecule has 4 N–H and O–H groups in total. The molecule has 2 heterocycles. The van der Waals surface area contributed by atoms with Gasteiger partial charge in [-0.1, -0.05) is 13.8 Å². The Labute approximate surface area is 131 Å². The van der Waals surface area contributed by atoms with Gasteiger partial charge in [0.2, 0.25) is 0 Å². The molecule has 0 bridgehead atoms. The monoisotopic (exact) mass is 355 g/mol. The number of halogens is 1. The fraction of sp³-hybridized carbons (Fsp3) is 0.385. The minimum absolute atomic E-state index is 0.247. The van der Waals surface area contributed by atoms with Crippen LogP contribution in [0.2, 0.25) is 0 Å². The lowest BCUT2D eigenvalue weighted by Crippen LogP contribution is -2.15. The summed E-state index contributed by atoms with van der Waals surface area (Å²) >= 11 is 5.23. The van der Waals surface area contributed by atoms with Crippen LogP contribution in [0.15, 0.2) is 15.9 Å². The first kappa shape index (κ1) is 15.2. The Morgan fingerprint density at radius 2 is 2.05 bits per heavy atom. The van der Waals surface area contributed by atoms with Gasteiger partial charge in [-0.3, -0.25) is 0 Å². The number of thiophene rings is 1. The molecule has 2 aromatic rings. The molecular formula is C13H18BrN5S. The summed E-state index contributed by atoms with van der Waals surface area (Å²) in [4.78, 5) is 10.2. The highest BCUT2D eigenvalue weighted by Crippen LogP contribution is 2.26. The highest BCUT2D eigenvalue weighted by atomic mass is 79.9. The molecule has 5 nitrogen and oxygen atoms in total. The fourth-order valence-corrected chi connectivity index (χ4v) is 3.15. The van der Waals surface area contributed by atoms with Crippen molar-refractivity contribution in [3.8, 4) is 0 Å². The van der Waals surface area contributed by atoms with Gasteiger partial charge >= 0.3 is 0 Å². The van der Waals surface area contributed by atoms with Crippen LogP contribution in [0.3, 0.4) is 0 Å². The standard InChI is InChI=1S/C13H18BrN5S/c1-7(2)11-17-12(8(3)13(18-11)19-15)16-6-10-9(14)4-5-20-10/h4-5,7H,6,15H2,1-3H3,(H2,16,17,18,19). The zero-order valence-electron chi connectivity index (χ0n) is 11.7. The first-order chi connectivity index (χ1) is 9.52. The molecule has 2 rings (SSSR count). The molecule has 0 radical (unpaired) electrons. The summed E-state index contributed by atoms with van der Waals surface area (Å²) in [6.45, 7) is 6.79. The number of anilines is 2. The molecule has 0 aliphatic heterocycles. The third-order valence-electron chi connectivity index (χ3n) is 2.92. The van der Waals surface area contributed by atoms with Crippen LogP contribution in [0.5, 0.6) is 0 Å². The van der Waals surface area contributed by atoms with E-state index in [2.05, 4.69) is 55.9 Å². The predicted molar refractivity (Wildman–Crippen MR) is 88.0 cm³/mol. The Bertz CT molecular complexity index is 596. The van der Waals surface area contributed by atoms with E-state index in [1.165, 1.54) is 4.88 Å². The summed E-state index contributed by atoms with van der Waals surface area (Å²) < 4.78 is 1.11. The van der Waals surface area contributed by atoms with Gasteiger partial charge in [-0.05, 0) is 34.3 Å². The largest absolute Gasteiger partial charge is 0.365 e. The number of hydrazine groups is 1. The zero-order valence-corrected chi connectivity index (χ0v) is 14.1. The Kier molecular flexibility index (Phi) is 4.95. The molecule has 0 aliphatic carbocycles. The lowest BCUT2D eigenvalue weighted by Gasteiger charge is -2.14. The number of hydrogen-bond acceptors (Lipinski definition) is 6. The Morgan fingerprint density at radius 3 is 2.60 bits per heavy atom. The van der Waals surface area contributed by atoms with Gasteiger partial charge in [-0.15, -0.1) is 11.3 Å². The van der Waals surface area contributed by atoms with Crippen molar-refractivity contribution in [1.82, 2.24) is 9.97 Å². The number of rotatable bonds is 5. The van der Waals surface area contributed by atoms with Crippen LogP contribution in [0.1, 0.15) is 36.0 Å². The van der Waals surface area contributed by atoms with E-state index in [-0.39, 0.29) is 5.92 Å². The van der Waals surface area contributed by atoms with Gasteiger partial charge in [0.05, 0.1) is 6.54 Å². The Morgan fingerprint density at radius 1 is 1.35 bits per heavy atom. The van der Waals surface area contributed by atoms with Crippen LogP contribution in [-0.2, 0) is 6.54 Å². The average molecular weight is 356 g/mol. The van der Waals surface area contributed by atoms with Gasteiger partial charge in [-0.2, -0.15) is 0 Å². The molecule has 108 valence electrons. The van der Waals surface area contributed by atoms with Crippen molar-refractivity contribution in [3.05, 3.63) is 32.2 Å². The fourth-order valence-electron chi connectivity index (χ4n) is 1.72. The van der Waals surface area contributed by atoms with Gasteiger partial charge in [0, 0.05) is 20.8 Å². The second-order valence-corrected chi connectivity index (χ2v) is 6.60. The lowest BCUT2D eigenvalue weighted by atomic mass is 10.2. The second-order valence-electron chi connectivity index (χ2n) is 4.75. The van der Waals surface area contributed by atoms with Crippen molar-refractivity contribution in [2.24, 2.45) is 5.84 Å². The molecule has 0 amide bonds. The lowest BCUT2D eigenvalue weighted by molar-refractivity contribution is 0.772. The van der Waals surface area contributed by atoms with Crippen LogP contribution in [-0.4, -0.2) is 9.97 Å². The average Bonchev–Trinajstić information content (AvgIpc) is 2.83. The first-order valence-corrected chi connectivity index (χ1v) is 8.01. The summed E-state index contributed by atoms with van der Waals surface area (Å²) in [5.41, 5.74) is 3.56. The summed E-state index contributed by atoms with van der Waals surface area (Å²) in [6, 6.07) is 2.04. The van der Waals surface area contributed by atoms with Gasteiger partial charge < -0.3 is 10.7 Å². The predicted octanol–water partition coefficient (Wildman–Crippen LogP) is 3.63. The molecule has 20 heavy (non-hydrogen) atoms. The molecule has 0 saturated carbocycles. The van der Waals surface area contributed by atoms with Gasteiger partial charge in [-0.25, -0.2) is 15.8 Å². The van der Waals surface area contributed by atoms with Crippen LogP contribution in [0, 0.1) is 6.92 Å². The molecule has 0 spiro atoms. The minimum atomic E-state index is 0.247. The van der Waals surface area contributed by atoms with E-state index < -0.39 is 0 Å². The van der Waals surface area contributed by atoms with Crippen LogP contribution in [0.4, 0.5) is 11.6 Å². The second kappa shape index (κ2) is 6.51. The molecular weight excluding hydrogens is 338 g/mol. The molecule has 0 atom stereocenters. The van der Waals surface area contributed by atoms with E-state index in [1.807, 2.05) is 13.0 Å². The van der Waals surface area contributed by atoms with Gasteiger partial charge in [0.25, 0.3) is 0 Å². The number of nitrogens with zero attached hydrogens (tertiary/aromatic N) is 2. The number of hydrogen-bond donors (Lipinski definition) is 3. The quantitative estimate of drug-likeness (QED) is 0.563. The number of nitrogens with two attached hydrogens (primary N) is 1. The summed E-state index contributed by atoms with van der Waals surface area (Å²) in [5, 5.41) is 5.42. The highest BCUT2D eigenvalue weighted by Gasteiger charge is 2.13. The molecule has 0 unspecified atom stereocenters. The maximum absolute atomic E-state index is 5.53. The van der Waals surface area contributed by atoms with Crippen LogP contribution in [0.25, 0.3) is 0 Å². The first-order valence-electron chi connectivity index (χ1n) is 6.33. The summed E-state index contributed by atoms with van der Waals surface area (Å²) in [7, 11) is 0. The maximum Gasteiger partial charge on any atom is 0.148 e. The molecule has 0 aliphatic rings. The molecule has 0 fully saturated rings. The zero-order chi connectivity index (χ0) is 14.7. The van der Waals surface area contributed by atoms with Crippen LogP contribution >= 0.6 is 27.3 Å². The smallest absolute Gasteiger partial charge is 0.148 e. The van der Waals surface area contributed by atoms with E-state index in [1.54, 1.807) is 11.3 Å². The minimum Gasteiger partial charge on any atom is -0.365 e. The Balaban J connectivity index is 2.26. The topological polar surface area (TPSA) is 75.9 Å². The third kappa shape index (κ3) is 3.28. The molecule has 2 aromatic heterocycles. The van der Waals surface area contributed by atoms with E-state index in [9.17, 15) is 0 Å². The Hall–Kier alpha value is -1.18. The van der Waals surface area contributed by atoms with Crippen molar-refractivity contribution < 1.29 is 0 Å². The van der Waals surface area contributed by atoms with E-state index in [0.29, 0.717) is 5.82 Å². The highest BCUT2D eigenvalue weighted by molar-refractivity contribution is 9.10. The SMILES string of the molecule is Cc1c(NN)nc(C(C)C)nc1NCc1sccc1Br. The molecule has 7 heteroatoms. The third-order valence-corrected chi connectivity index (χ3v) is 4.85. The van der Waals surface area contributed by atoms with Gasteiger partial charge in [0.15, 0.2) is 0 Å². The molecule has 0 aromatic carbocycles. The normalized spacial score (nSPS) is 10.9. The van der Waals surface area contributed by atoms with Crippen molar-refractivity contribution in [2.45, 2.75) is 33.2 Å². The molecule has 0 saturated heterocycles. The van der Waals surface area contributed by atoms with E-state index >= 15 is 0 Å². The van der Waals surface area contributed by atoms with Crippen LogP contribution < -0.4 is 16.6 Å². The van der Waals surface area contributed by atoms with Crippen molar-refractivity contribution in [2.75, 3.05) is 10.7 Å². The van der Waals surface area contributed by atoms with Crippen molar-refractivity contribution in [1.29, 1.82) is 0 Å². The summed E-state index contributed by atoms with van der Waals surface area (Å²) in [5.74, 6) is 8.03. The van der Waals surface area contributed by atoms with E-state index in [0.717, 1.165) is 28.2 Å². The number of nitrogen functional groups attached to an aromatic ring is 1. The van der Waals surface area contributed by atoms with E-state index in [4.69, 9.17) is 5.84 Å². The number of nitrogens with one attached hydrogen (secondary N) is 2.